The minimum absolute atomic E-state index is 0.286. The van der Waals surface area contributed by atoms with Gasteiger partial charge in [0.2, 0.25) is 5.95 Å². The fraction of sp³-hybridized carbons (Fsp3) is 0.133. The van der Waals surface area contributed by atoms with E-state index in [0.29, 0.717) is 17.5 Å². The van der Waals surface area contributed by atoms with Crippen LogP contribution in [-0.2, 0) is 0 Å². The van der Waals surface area contributed by atoms with E-state index in [0.717, 1.165) is 17.1 Å². The largest absolute Gasteiger partial charge is 0.394 e. The summed E-state index contributed by atoms with van der Waals surface area (Å²) >= 11 is 0. The Morgan fingerprint density at radius 1 is 1.22 bits per heavy atom. The normalized spacial score (nSPS) is 10.6. The zero-order valence-corrected chi connectivity index (χ0v) is 12.7. The molecule has 8 heteroatoms. The number of halogens is 1. The highest BCUT2D eigenvalue weighted by Gasteiger charge is 2.09. The Kier molecular flexibility index (Phi) is 3.80. The Labute approximate surface area is 132 Å². The molecule has 0 radical (unpaired) electrons. The van der Waals surface area contributed by atoms with Crippen molar-refractivity contribution in [3.63, 3.8) is 0 Å². The molecule has 0 saturated heterocycles. The molecule has 7 nitrogen and oxygen atoms in total. The Hall–Kier alpha value is -3.16. The van der Waals surface area contributed by atoms with Gasteiger partial charge in [-0.1, -0.05) is 0 Å². The first-order chi connectivity index (χ1) is 11.1. The van der Waals surface area contributed by atoms with Crippen LogP contribution in [0.3, 0.4) is 0 Å². The van der Waals surface area contributed by atoms with Gasteiger partial charge >= 0.3 is 0 Å². The number of nitrogen functional groups attached to an aromatic ring is 1. The van der Waals surface area contributed by atoms with Crippen LogP contribution in [-0.4, -0.2) is 26.8 Å². The molecule has 0 bridgehead atoms. The molecule has 4 N–H and O–H groups in total. The zero-order valence-electron chi connectivity index (χ0n) is 12.7. The third-order valence-electron chi connectivity index (χ3n) is 3.29. The van der Waals surface area contributed by atoms with Crippen LogP contribution in [0, 0.1) is 12.7 Å². The highest BCUT2D eigenvalue weighted by atomic mass is 19.1. The van der Waals surface area contributed by atoms with Crippen molar-refractivity contribution >= 4 is 23.1 Å². The molecule has 1 aromatic carbocycles. The monoisotopic (exact) mass is 313 g/mol. The minimum atomic E-state index is -0.286. The van der Waals surface area contributed by atoms with E-state index < -0.39 is 0 Å². The fourth-order valence-corrected chi connectivity index (χ4v) is 2.08. The zero-order chi connectivity index (χ0) is 16.4. The maximum Gasteiger partial charge on any atom is 0.229 e. The molecule has 0 aliphatic rings. The molecule has 0 aliphatic heterocycles. The molecule has 118 valence electrons. The van der Waals surface area contributed by atoms with Gasteiger partial charge < -0.3 is 16.4 Å². The molecule has 0 fully saturated rings. The predicted molar refractivity (Wildman–Crippen MR) is 87.5 cm³/mol. The first-order valence-corrected chi connectivity index (χ1v) is 6.96. The molecular weight excluding hydrogens is 297 g/mol. The smallest absolute Gasteiger partial charge is 0.229 e. The van der Waals surface area contributed by atoms with E-state index in [1.54, 1.807) is 30.1 Å². The van der Waals surface area contributed by atoms with E-state index >= 15 is 0 Å². The van der Waals surface area contributed by atoms with Crippen LogP contribution in [0.4, 0.5) is 27.5 Å². The number of nitrogens with zero attached hydrogens (tertiary/aromatic N) is 4. The second-order valence-electron chi connectivity index (χ2n) is 4.92. The van der Waals surface area contributed by atoms with Crippen molar-refractivity contribution in [2.75, 3.05) is 23.4 Å². The van der Waals surface area contributed by atoms with Gasteiger partial charge in [-0.15, -0.1) is 0 Å². The van der Waals surface area contributed by atoms with Gasteiger partial charge in [-0.05, 0) is 31.2 Å². The maximum atomic E-state index is 13.0. The van der Waals surface area contributed by atoms with E-state index in [-0.39, 0.29) is 5.82 Å². The molecule has 23 heavy (non-hydrogen) atoms. The van der Waals surface area contributed by atoms with E-state index in [2.05, 4.69) is 25.7 Å². The van der Waals surface area contributed by atoms with Crippen molar-refractivity contribution in [1.29, 1.82) is 0 Å². The average Bonchev–Trinajstić information content (AvgIpc) is 2.91. The van der Waals surface area contributed by atoms with Crippen molar-refractivity contribution in [2.24, 2.45) is 0 Å². The van der Waals surface area contributed by atoms with Gasteiger partial charge in [0.05, 0.1) is 35.1 Å². The van der Waals surface area contributed by atoms with Crippen LogP contribution >= 0.6 is 0 Å². The second kappa shape index (κ2) is 5.91. The van der Waals surface area contributed by atoms with Crippen molar-refractivity contribution in [3.8, 4) is 5.69 Å². The standard InChI is InChI=1S/C15H16FN7/c1-9-13(20-15-19-7-12(17)14(18-2)21-15)8-23(22-9)11-5-3-10(16)4-6-11/h3-8H,17H2,1-2H3,(H2,18,19,20,21). The lowest BCUT2D eigenvalue weighted by Gasteiger charge is -2.07. The minimum Gasteiger partial charge on any atom is -0.394 e. The molecule has 0 unspecified atom stereocenters. The number of hydrogen-bond donors (Lipinski definition) is 3. The molecule has 3 rings (SSSR count). The Balaban J connectivity index is 1.88. The Bertz CT molecular complexity index is 826. The fourth-order valence-electron chi connectivity index (χ4n) is 2.08. The molecule has 0 spiro atoms. The lowest BCUT2D eigenvalue weighted by Crippen LogP contribution is -2.04. The van der Waals surface area contributed by atoms with E-state index in [1.165, 1.54) is 18.3 Å². The van der Waals surface area contributed by atoms with Crippen molar-refractivity contribution < 1.29 is 4.39 Å². The average molecular weight is 313 g/mol. The summed E-state index contributed by atoms with van der Waals surface area (Å²) in [5.41, 5.74) is 8.50. The molecule has 0 aliphatic carbocycles. The van der Waals surface area contributed by atoms with Gasteiger partial charge in [0.1, 0.15) is 5.82 Å². The highest BCUT2D eigenvalue weighted by molar-refractivity contribution is 5.64. The van der Waals surface area contributed by atoms with Crippen LogP contribution in [0.1, 0.15) is 5.69 Å². The van der Waals surface area contributed by atoms with E-state index in [1.807, 2.05) is 6.92 Å². The molecule has 0 saturated carbocycles. The molecule has 3 aromatic rings. The van der Waals surface area contributed by atoms with Gasteiger partial charge in [0.25, 0.3) is 0 Å². The molecule has 0 amide bonds. The summed E-state index contributed by atoms with van der Waals surface area (Å²) in [5.74, 6) is 0.669. The van der Waals surface area contributed by atoms with Gasteiger partial charge in [0.15, 0.2) is 5.82 Å². The molecule has 2 aromatic heterocycles. The number of benzene rings is 1. The van der Waals surface area contributed by atoms with Crippen LogP contribution in [0.5, 0.6) is 0 Å². The summed E-state index contributed by atoms with van der Waals surface area (Å²) in [6.07, 6.45) is 3.32. The third-order valence-corrected chi connectivity index (χ3v) is 3.29. The predicted octanol–water partition coefficient (Wildman–Crippen LogP) is 2.48. The van der Waals surface area contributed by atoms with Crippen molar-refractivity contribution in [1.82, 2.24) is 19.7 Å². The first kappa shape index (κ1) is 14.8. The maximum absolute atomic E-state index is 13.0. The molecular formula is C15H16FN7. The summed E-state index contributed by atoms with van der Waals surface area (Å²) in [7, 11) is 1.74. The van der Waals surface area contributed by atoms with Crippen molar-refractivity contribution in [3.05, 3.63) is 48.2 Å². The van der Waals surface area contributed by atoms with E-state index in [4.69, 9.17) is 5.73 Å². The van der Waals surface area contributed by atoms with Gasteiger partial charge in [-0.3, -0.25) is 0 Å². The van der Waals surface area contributed by atoms with Gasteiger partial charge in [-0.2, -0.15) is 10.1 Å². The van der Waals surface area contributed by atoms with Crippen LogP contribution in [0.2, 0.25) is 0 Å². The van der Waals surface area contributed by atoms with Crippen LogP contribution in [0.15, 0.2) is 36.7 Å². The lowest BCUT2D eigenvalue weighted by atomic mass is 10.3. The van der Waals surface area contributed by atoms with Gasteiger partial charge in [-0.25, -0.2) is 14.1 Å². The Morgan fingerprint density at radius 3 is 2.65 bits per heavy atom. The second-order valence-corrected chi connectivity index (χ2v) is 4.92. The number of nitrogens with two attached hydrogens (primary N) is 1. The van der Waals surface area contributed by atoms with Gasteiger partial charge in [0, 0.05) is 7.05 Å². The van der Waals surface area contributed by atoms with Crippen LogP contribution < -0.4 is 16.4 Å². The molecule has 2 heterocycles. The third kappa shape index (κ3) is 3.05. The number of aromatic nitrogens is 4. The summed E-state index contributed by atoms with van der Waals surface area (Å²) in [6.45, 7) is 1.86. The van der Waals surface area contributed by atoms with Crippen LogP contribution in [0.25, 0.3) is 5.69 Å². The Morgan fingerprint density at radius 2 is 1.96 bits per heavy atom. The topological polar surface area (TPSA) is 93.7 Å². The lowest BCUT2D eigenvalue weighted by molar-refractivity contribution is 0.627. The summed E-state index contributed by atoms with van der Waals surface area (Å²) in [4.78, 5) is 8.42. The summed E-state index contributed by atoms with van der Waals surface area (Å²) in [6, 6.07) is 6.10. The van der Waals surface area contributed by atoms with Crippen molar-refractivity contribution in [2.45, 2.75) is 6.92 Å². The first-order valence-electron chi connectivity index (χ1n) is 6.96. The summed E-state index contributed by atoms with van der Waals surface area (Å²) < 4.78 is 14.7. The molecule has 0 atom stereocenters. The number of rotatable bonds is 4. The number of anilines is 4. The quantitative estimate of drug-likeness (QED) is 0.685. The summed E-state index contributed by atoms with van der Waals surface area (Å²) in [5, 5.41) is 10.4. The number of aryl methyl sites for hydroxylation is 1. The SMILES string of the molecule is CNc1nc(Nc2cn(-c3ccc(F)cc3)nc2C)ncc1N. The highest BCUT2D eigenvalue weighted by Crippen LogP contribution is 2.22. The number of hydrogen-bond acceptors (Lipinski definition) is 6. The van der Waals surface area contributed by atoms with E-state index in [9.17, 15) is 4.39 Å². The number of nitrogens with one attached hydrogen (secondary N) is 2.